The molecule has 7 N–H and O–H groups in total. The van der Waals surface area contributed by atoms with E-state index >= 15 is 0 Å². The average Bonchev–Trinajstić information content (AvgIpc) is 1.97. The van der Waals surface area contributed by atoms with Crippen LogP contribution in [0.3, 0.4) is 0 Å². The van der Waals surface area contributed by atoms with Crippen LogP contribution in [0, 0.1) is 0 Å². The molecule has 6 nitrogen and oxygen atoms in total. The van der Waals surface area contributed by atoms with Crippen molar-refractivity contribution in [1.82, 2.24) is 0 Å². The van der Waals surface area contributed by atoms with Gasteiger partial charge in [-0.25, -0.2) is 0 Å². The van der Waals surface area contributed by atoms with Gasteiger partial charge in [-0.2, -0.15) is 0 Å². The summed E-state index contributed by atoms with van der Waals surface area (Å²) in [5.41, 5.74) is 14.4. The molecule has 0 amide bonds. The minimum Gasteiger partial charge on any atom is -0.480 e. The van der Waals surface area contributed by atoms with Crippen LogP contribution in [0.5, 0.6) is 0 Å². The highest BCUT2D eigenvalue weighted by Gasteiger charge is 2.26. The summed E-state index contributed by atoms with van der Waals surface area (Å²) in [6.45, 7) is 1.87. The molecular weight excluding hydrogens is 172 g/mol. The van der Waals surface area contributed by atoms with E-state index in [9.17, 15) is 4.79 Å². The van der Waals surface area contributed by atoms with Gasteiger partial charge in [-0.15, -0.1) is 0 Å². The molecule has 0 fully saturated rings. The highest BCUT2D eigenvalue weighted by Crippen LogP contribution is 2.08. The number of carbonyl (C=O) groups is 1. The van der Waals surface area contributed by atoms with Crippen LogP contribution in [0.2, 0.25) is 0 Å². The largest absolute Gasteiger partial charge is 0.480 e. The molecular formula is C7H16N4O2. The average molecular weight is 188 g/mol. The number of aliphatic imine (C=N–C) groups is 1. The molecule has 76 valence electrons. The lowest BCUT2D eigenvalue weighted by Gasteiger charge is -2.17. The Bertz CT molecular complexity index is 209. The molecule has 0 spiro atoms. The first-order valence-electron chi connectivity index (χ1n) is 3.94. The number of carboxylic acids is 1. The summed E-state index contributed by atoms with van der Waals surface area (Å²) in [5, 5.41) is 8.64. The highest BCUT2D eigenvalue weighted by molar-refractivity contribution is 5.77. The number of rotatable bonds is 5. The van der Waals surface area contributed by atoms with Crippen molar-refractivity contribution in [1.29, 1.82) is 0 Å². The van der Waals surface area contributed by atoms with E-state index in [4.69, 9.17) is 22.3 Å². The van der Waals surface area contributed by atoms with Crippen LogP contribution < -0.4 is 17.2 Å². The third-order valence-electron chi connectivity index (χ3n) is 1.64. The normalized spacial score (nSPS) is 14.6. The van der Waals surface area contributed by atoms with Crippen LogP contribution in [0.1, 0.15) is 19.8 Å². The number of carboxylic acid groups (broad SMARTS) is 1. The van der Waals surface area contributed by atoms with Crippen molar-refractivity contribution in [2.24, 2.45) is 22.2 Å². The van der Waals surface area contributed by atoms with Crippen molar-refractivity contribution < 1.29 is 9.90 Å². The molecule has 0 aromatic carbocycles. The summed E-state index contributed by atoms with van der Waals surface area (Å²) in [4.78, 5) is 14.2. The lowest BCUT2D eigenvalue weighted by atomic mass is 9.98. The maximum absolute atomic E-state index is 10.5. The van der Waals surface area contributed by atoms with Gasteiger partial charge in [0.1, 0.15) is 5.54 Å². The summed E-state index contributed by atoms with van der Waals surface area (Å²) in [7, 11) is 0. The van der Waals surface area contributed by atoms with Crippen molar-refractivity contribution in [2.75, 3.05) is 6.54 Å². The maximum atomic E-state index is 10.5. The van der Waals surface area contributed by atoms with Crippen LogP contribution in [0.4, 0.5) is 0 Å². The fourth-order valence-corrected chi connectivity index (χ4v) is 0.761. The summed E-state index contributed by atoms with van der Waals surface area (Å²) in [6.07, 6.45) is 0.899. The van der Waals surface area contributed by atoms with E-state index in [2.05, 4.69) is 4.99 Å². The molecule has 0 aliphatic carbocycles. The quantitative estimate of drug-likeness (QED) is 0.246. The second-order valence-corrected chi connectivity index (χ2v) is 3.13. The van der Waals surface area contributed by atoms with Crippen molar-refractivity contribution in [3.63, 3.8) is 0 Å². The van der Waals surface area contributed by atoms with Crippen LogP contribution in [-0.4, -0.2) is 29.1 Å². The number of nitrogens with two attached hydrogens (primary N) is 3. The molecule has 0 aliphatic heterocycles. The van der Waals surface area contributed by atoms with Gasteiger partial charge < -0.3 is 22.3 Å². The Kier molecular flexibility index (Phi) is 4.19. The first kappa shape index (κ1) is 11.7. The predicted octanol–water partition coefficient (Wildman–Crippen LogP) is -1.16. The molecule has 0 saturated heterocycles. The van der Waals surface area contributed by atoms with Gasteiger partial charge in [0, 0.05) is 6.54 Å². The van der Waals surface area contributed by atoms with E-state index in [0.717, 1.165) is 0 Å². The SMILES string of the molecule is CC(N)(CCCN=C(N)N)C(=O)O. The molecule has 0 bridgehead atoms. The van der Waals surface area contributed by atoms with Gasteiger partial charge in [-0.1, -0.05) is 0 Å². The van der Waals surface area contributed by atoms with Gasteiger partial charge in [0.25, 0.3) is 0 Å². The molecule has 0 heterocycles. The Morgan fingerprint density at radius 1 is 1.54 bits per heavy atom. The van der Waals surface area contributed by atoms with Gasteiger partial charge in [-0.3, -0.25) is 9.79 Å². The number of hydrogen-bond acceptors (Lipinski definition) is 3. The summed E-state index contributed by atoms with van der Waals surface area (Å²) in [5.74, 6) is -1.01. The fourth-order valence-electron chi connectivity index (χ4n) is 0.761. The zero-order valence-corrected chi connectivity index (χ0v) is 7.66. The highest BCUT2D eigenvalue weighted by atomic mass is 16.4. The Labute approximate surface area is 76.8 Å². The Morgan fingerprint density at radius 3 is 2.46 bits per heavy atom. The number of hydrogen-bond donors (Lipinski definition) is 4. The number of aliphatic carboxylic acids is 1. The smallest absolute Gasteiger partial charge is 0.323 e. The summed E-state index contributed by atoms with van der Waals surface area (Å²) >= 11 is 0. The van der Waals surface area contributed by atoms with E-state index in [1.165, 1.54) is 6.92 Å². The second-order valence-electron chi connectivity index (χ2n) is 3.13. The zero-order chi connectivity index (χ0) is 10.5. The first-order valence-corrected chi connectivity index (χ1v) is 3.94. The van der Waals surface area contributed by atoms with E-state index in [-0.39, 0.29) is 5.96 Å². The standard InChI is InChI=1S/C7H16N4O2/c1-7(10,5(12)13)3-2-4-11-6(8)9/h2-4,10H2,1H3,(H,12,13)(H4,8,9,11). The van der Waals surface area contributed by atoms with E-state index in [0.29, 0.717) is 19.4 Å². The van der Waals surface area contributed by atoms with Gasteiger partial charge in [0.2, 0.25) is 0 Å². The molecule has 1 atom stereocenters. The third kappa shape index (κ3) is 5.02. The molecule has 0 aromatic rings. The van der Waals surface area contributed by atoms with Gasteiger partial charge in [0.05, 0.1) is 0 Å². The van der Waals surface area contributed by atoms with Crippen molar-refractivity contribution in [3.05, 3.63) is 0 Å². The molecule has 0 aromatic heterocycles. The monoisotopic (exact) mass is 188 g/mol. The topological polar surface area (TPSA) is 128 Å². The number of guanidine groups is 1. The van der Waals surface area contributed by atoms with Crippen molar-refractivity contribution in [3.8, 4) is 0 Å². The summed E-state index contributed by atoms with van der Waals surface area (Å²) in [6, 6.07) is 0. The minimum atomic E-state index is -1.20. The number of nitrogens with zero attached hydrogens (tertiary/aromatic N) is 1. The second kappa shape index (κ2) is 4.66. The molecule has 13 heavy (non-hydrogen) atoms. The summed E-state index contributed by atoms with van der Waals surface area (Å²) < 4.78 is 0. The van der Waals surface area contributed by atoms with Gasteiger partial charge in [0.15, 0.2) is 5.96 Å². The van der Waals surface area contributed by atoms with Crippen LogP contribution >= 0.6 is 0 Å². The van der Waals surface area contributed by atoms with E-state index < -0.39 is 11.5 Å². The molecule has 0 saturated carbocycles. The molecule has 0 rings (SSSR count). The lowest BCUT2D eigenvalue weighted by molar-refractivity contribution is -0.142. The zero-order valence-electron chi connectivity index (χ0n) is 7.66. The van der Waals surface area contributed by atoms with Gasteiger partial charge in [-0.05, 0) is 19.8 Å². The minimum absolute atomic E-state index is 0.00838. The lowest BCUT2D eigenvalue weighted by Crippen LogP contribution is -2.44. The van der Waals surface area contributed by atoms with Crippen LogP contribution in [0.15, 0.2) is 4.99 Å². The Morgan fingerprint density at radius 2 is 2.08 bits per heavy atom. The van der Waals surface area contributed by atoms with E-state index in [1.807, 2.05) is 0 Å². The van der Waals surface area contributed by atoms with Crippen molar-refractivity contribution in [2.45, 2.75) is 25.3 Å². The first-order chi connectivity index (χ1) is 5.86. The molecule has 0 aliphatic rings. The van der Waals surface area contributed by atoms with E-state index in [1.54, 1.807) is 0 Å². The Hall–Kier alpha value is -1.30. The van der Waals surface area contributed by atoms with Crippen LogP contribution in [0.25, 0.3) is 0 Å². The third-order valence-corrected chi connectivity index (χ3v) is 1.64. The predicted molar refractivity (Wildman–Crippen MR) is 50.1 cm³/mol. The van der Waals surface area contributed by atoms with Crippen molar-refractivity contribution >= 4 is 11.9 Å². The molecule has 0 radical (unpaired) electrons. The Balaban J connectivity index is 3.77. The van der Waals surface area contributed by atoms with Gasteiger partial charge >= 0.3 is 5.97 Å². The molecule has 1 unspecified atom stereocenters. The van der Waals surface area contributed by atoms with Crippen LogP contribution in [-0.2, 0) is 4.79 Å². The fraction of sp³-hybridized carbons (Fsp3) is 0.714. The molecule has 6 heteroatoms. The maximum Gasteiger partial charge on any atom is 0.323 e.